The summed E-state index contributed by atoms with van der Waals surface area (Å²) in [5.41, 5.74) is 0.575. The molecule has 0 radical (unpaired) electrons. The number of aromatic nitrogens is 2. The van der Waals surface area contributed by atoms with Gasteiger partial charge in [-0.1, -0.05) is 42.4 Å². The minimum Gasteiger partial charge on any atom is -0.339 e. The maximum atomic E-state index is 11.9. The van der Waals surface area contributed by atoms with Gasteiger partial charge in [-0.2, -0.15) is 4.98 Å². The zero-order valence-electron chi connectivity index (χ0n) is 9.01. The Hall–Kier alpha value is -1.97. The van der Waals surface area contributed by atoms with Crippen molar-refractivity contribution in [1.82, 2.24) is 10.1 Å². The number of carbonyl (C=O) groups excluding carboxylic acids is 1. The summed E-state index contributed by atoms with van der Waals surface area (Å²) in [6, 6.07) is 8.94. The Morgan fingerprint density at radius 1 is 1.31 bits per heavy atom. The molecule has 0 atom stereocenters. The Morgan fingerprint density at radius 2 is 2.06 bits per heavy atom. The van der Waals surface area contributed by atoms with Crippen molar-refractivity contribution in [2.75, 3.05) is 0 Å². The fourth-order valence-corrected chi connectivity index (χ4v) is 1.38. The van der Waals surface area contributed by atoms with Crippen molar-refractivity contribution in [3.8, 4) is 0 Å². The largest absolute Gasteiger partial charge is 0.339 e. The van der Waals surface area contributed by atoms with Crippen molar-refractivity contribution in [1.29, 1.82) is 0 Å². The monoisotopic (exact) mass is 216 g/mol. The topological polar surface area (TPSA) is 56.0 Å². The van der Waals surface area contributed by atoms with Gasteiger partial charge >= 0.3 is 0 Å². The van der Waals surface area contributed by atoms with Crippen LogP contribution in [0.3, 0.4) is 0 Å². The van der Waals surface area contributed by atoms with E-state index >= 15 is 0 Å². The van der Waals surface area contributed by atoms with Crippen LogP contribution in [0.1, 0.15) is 35.4 Å². The molecule has 0 amide bonds. The van der Waals surface area contributed by atoms with E-state index in [0.717, 1.165) is 6.42 Å². The van der Waals surface area contributed by atoms with E-state index in [9.17, 15) is 4.79 Å². The van der Waals surface area contributed by atoms with E-state index in [2.05, 4.69) is 10.1 Å². The first-order valence-electron chi connectivity index (χ1n) is 5.23. The molecule has 16 heavy (non-hydrogen) atoms. The molecule has 2 rings (SSSR count). The maximum Gasteiger partial charge on any atom is 0.243 e. The number of aryl methyl sites for hydroxylation is 1. The van der Waals surface area contributed by atoms with Crippen molar-refractivity contribution in [3.05, 3.63) is 47.6 Å². The molecular formula is C12H12N2O2. The molecule has 2 aromatic rings. The minimum absolute atomic E-state index is 0.134. The van der Waals surface area contributed by atoms with Crippen molar-refractivity contribution in [3.63, 3.8) is 0 Å². The third-order valence-electron chi connectivity index (χ3n) is 2.17. The van der Waals surface area contributed by atoms with Gasteiger partial charge in [-0.15, -0.1) is 0 Å². The third kappa shape index (κ3) is 2.16. The van der Waals surface area contributed by atoms with Crippen LogP contribution in [0.4, 0.5) is 0 Å². The summed E-state index contributed by atoms with van der Waals surface area (Å²) in [5.74, 6) is 0.447. The molecule has 0 N–H and O–H groups in total. The van der Waals surface area contributed by atoms with E-state index in [1.807, 2.05) is 13.0 Å². The van der Waals surface area contributed by atoms with E-state index in [1.165, 1.54) is 0 Å². The molecule has 82 valence electrons. The van der Waals surface area contributed by atoms with Gasteiger partial charge in [0.1, 0.15) is 0 Å². The number of nitrogens with zero attached hydrogens (tertiary/aromatic N) is 2. The van der Waals surface area contributed by atoms with Crippen LogP contribution in [-0.2, 0) is 6.42 Å². The van der Waals surface area contributed by atoms with Crippen LogP contribution in [0, 0.1) is 0 Å². The zero-order valence-corrected chi connectivity index (χ0v) is 9.01. The first-order valence-corrected chi connectivity index (χ1v) is 5.23. The molecule has 0 aliphatic carbocycles. The summed E-state index contributed by atoms with van der Waals surface area (Å²) in [6.45, 7) is 2.02. The van der Waals surface area contributed by atoms with E-state index in [1.54, 1.807) is 24.3 Å². The van der Waals surface area contributed by atoms with Crippen LogP contribution in [0.2, 0.25) is 0 Å². The molecule has 4 nitrogen and oxygen atoms in total. The smallest absolute Gasteiger partial charge is 0.243 e. The van der Waals surface area contributed by atoms with Crippen LogP contribution in [0.25, 0.3) is 0 Å². The Bertz CT molecular complexity index is 477. The van der Waals surface area contributed by atoms with E-state index in [-0.39, 0.29) is 11.6 Å². The fraction of sp³-hybridized carbons (Fsp3) is 0.250. The molecule has 1 aromatic heterocycles. The zero-order chi connectivity index (χ0) is 11.4. The van der Waals surface area contributed by atoms with Crippen LogP contribution >= 0.6 is 0 Å². The van der Waals surface area contributed by atoms with E-state index in [0.29, 0.717) is 17.9 Å². The number of carbonyl (C=O) groups is 1. The standard InChI is InChI=1S/C12H12N2O2/c1-2-6-10-13-12(14-16-10)11(15)9-7-4-3-5-8-9/h3-5,7-8H,2,6H2,1H3. The molecule has 1 heterocycles. The highest BCUT2D eigenvalue weighted by Gasteiger charge is 2.15. The van der Waals surface area contributed by atoms with Gasteiger partial charge < -0.3 is 4.52 Å². The Kier molecular flexibility index (Phi) is 3.10. The molecule has 0 unspecified atom stereocenters. The Balaban J connectivity index is 2.21. The number of ketones is 1. The van der Waals surface area contributed by atoms with Gasteiger partial charge in [-0.25, -0.2) is 0 Å². The fourth-order valence-electron chi connectivity index (χ4n) is 1.38. The minimum atomic E-state index is -0.202. The van der Waals surface area contributed by atoms with Gasteiger partial charge in [0.15, 0.2) is 0 Å². The number of hydrogen-bond donors (Lipinski definition) is 0. The van der Waals surface area contributed by atoms with Gasteiger partial charge in [0.2, 0.25) is 17.5 Å². The Labute approximate surface area is 93.3 Å². The lowest BCUT2D eigenvalue weighted by Crippen LogP contribution is -2.03. The predicted octanol–water partition coefficient (Wildman–Crippen LogP) is 2.25. The highest BCUT2D eigenvalue weighted by Crippen LogP contribution is 2.07. The predicted molar refractivity (Wildman–Crippen MR) is 58.2 cm³/mol. The lowest BCUT2D eigenvalue weighted by molar-refractivity contribution is 0.102. The quantitative estimate of drug-likeness (QED) is 0.735. The second-order valence-electron chi connectivity index (χ2n) is 3.46. The summed E-state index contributed by atoms with van der Waals surface area (Å²) >= 11 is 0. The third-order valence-corrected chi connectivity index (χ3v) is 2.17. The normalized spacial score (nSPS) is 10.3. The molecule has 0 spiro atoms. The SMILES string of the molecule is CCCc1nc(C(=O)c2ccccc2)no1. The van der Waals surface area contributed by atoms with Gasteiger partial charge in [-0.3, -0.25) is 4.79 Å². The molecule has 0 fully saturated rings. The number of rotatable bonds is 4. The van der Waals surface area contributed by atoms with Gasteiger partial charge in [0.25, 0.3) is 0 Å². The molecule has 4 heteroatoms. The lowest BCUT2D eigenvalue weighted by Gasteiger charge is -1.93. The molecule has 0 aliphatic heterocycles. The summed E-state index contributed by atoms with van der Waals surface area (Å²) in [7, 11) is 0. The van der Waals surface area contributed by atoms with Gasteiger partial charge in [0, 0.05) is 12.0 Å². The van der Waals surface area contributed by atoms with Crippen molar-refractivity contribution in [2.45, 2.75) is 19.8 Å². The molecule has 1 aromatic carbocycles. The van der Waals surface area contributed by atoms with Crippen LogP contribution in [-0.4, -0.2) is 15.9 Å². The Morgan fingerprint density at radius 3 is 2.75 bits per heavy atom. The highest BCUT2D eigenvalue weighted by atomic mass is 16.5. The summed E-state index contributed by atoms with van der Waals surface area (Å²) in [6.07, 6.45) is 1.62. The second-order valence-corrected chi connectivity index (χ2v) is 3.46. The van der Waals surface area contributed by atoms with Gasteiger partial charge in [-0.05, 0) is 6.42 Å². The van der Waals surface area contributed by atoms with Crippen molar-refractivity contribution < 1.29 is 9.32 Å². The van der Waals surface area contributed by atoms with E-state index in [4.69, 9.17) is 4.52 Å². The van der Waals surface area contributed by atoms with Gasteiger partial charge in [0.05, 0.1) is 0 Å². The van der Waals surface area contributed by atoms with Crippen LogP contribution in [0.15, 0.2) is 34.9 Å². The molecule has 0 saturated carbocycles. The average Bonchev–Trinajstić information content (AvgIpc) is 2.78. The first kappa shape index (κ1) is 10.5. The van der Waals surface area contributed by atoms with E-state index < -0.39 is 0 Å². The summed E-state index contributed by atoms with van der Waals surface area (Å²) in [4.78, 5) is 15.9. The molecular weight excluding hydrogens is 204 g/mol. The molecule has 0 aliphatic rings. The number of benzene rings is 1. The van der Waals surface area contributed by atoms with Crippen LogP contribution < -0.4 is 0 Å². The summed E-state index contributed by atoms with van der Waals surface area (Å²) < 4.78 is 4.97. The van der Waals surface area contributed by atoms with Crippen LogP contribution in [0.5, 0.6) is 0 Å². The summed E-state index contributed by atoms with van der Waals surface area (Å²) in [5, 5.41) is 3.68. The molecule has 0 bridgehead atoms. The number of hydrogen-bond acceptors (Lipinski definition) is 4. The maximum absolute atomic E-state index is 11.9. The van der Waals surface area contributed by atoms with Crippen molar-refractivity contribution in [2.24, 2.45) is 0 Å². The lowest BCUT2D eigenvalue weighted by atomic mass is 10.1. The average molecular weight is 216 g/mol. The molecule has 0 saturated heterocycles. The highest BCUT2D eigenvalue weighted by molar-refractivity contribution is 6.06. The second kappa shape index (κ2) is 4.70. The first-order chi connectivity index (χ1) is 7.81. The van der Waals surface area contributed by atoms with Crippen molar-refractivity contribution >= 4 is 5.78 Å².